The SMILES string of the molecule is Cl.Cl.NCC1CCC(C(=O)NC(Cc2cccc(Oc3cc(Cl)ccc3[N+](=O)[O-])c2)C(=O)Nc2ccncc2)CC1. The molecule has 1 fully saturated rings. The Bertz CT molecular complexity index is 1320. The molecule has 0 saturated heterocycles. The zero-order valence-electron chi connectivity index (χ0n) is 22.0. The standard InChI is InChI=1S/C28H30ClN5O5.2ClH/c29-21-8-9-25(34(37)38)26(16-21)39-23-3-1-2-19(14-23)15-24(28(36)32-22-10-12-31-13-11-22)33-27(35)20-6-4-18(17-30)5-7-20;;/h1-3,8-14,16,18,20,24H,4-7,15,17,30H2,(H,33,35)(H,31,32,36);2*1H. The van der Waals surface area contributed by atoms with Gasteiger partial charge in [-0.25, -0.2) is 0 Å². The van der Waals surface area contributed by atoms with Crippen molar-refractivity contribution in [2.24, 2.45) is 17.6 Å². The van der Waals surface area contributed by atoms with E-state index in [4.69, 9.17) is 22.1 Å². The molecule has 0 bridgehead atoms. The summed E-state index contributed by atoms with van der Waals surface area (Å²) in [5, 5.41) is 17.5. The van der Waals surface area contributed by atoms with Gasteiger partial charge in [0.25, 0.3) is 0 Å². The van der Waals surface area contributed by atoms with E-state index < -0.39 is 11.0 Å². The molecule has 1 aliphatic carbocycles. The van der Waals surface area contributed by atoms with E-state index in [1.165, 1.54) is 18.2 Å². The number of nitro groups is 1. The van der Waals surface area contributed by atoms with Crippen LogP contribution in [-0.2, 0) is 16.0 Å². The third-order valence-corrected chi connectivity index (χ3v) is 7.05. The minimum Gasteiger partial charge on any atom is -0.450 e. The fraction of sp³-hybridized carbons (Fsp3) is 0.321. The van der Waals surface area contributed by atoms with Gasteiger partial charge in [-0.3, -0.25) is 24.7 Å². The van der Waals surface area contributed by atoms with Gasteiger partial charge in [0.15, 0.2) is 0 Å². The fourth-order valence-electron chi connectivity index (χ4n) is 4.64. The number of benzene rings is 2. The number of rotatable bonds is 10. The van der Waals surface area contributed by atoms with Gasteiger partial charge in [0, 0.05) is 47.6 Å². The average Bonchev–Trinajstić information content (AvgIpc) is 2.93. The van der Waals surface area contributed by atoms with Gasteiger partial charge >= 0.3 is 5.69 Å². The molecule has 1 unspecified atom stereocenters. The molecule has 1 aromatic heterocycles. The Labute approximate surface area is 255 Å². The third kappa shape index (κ3) is 9.57. The number of nitro benzene ring substituents is 1. The molecule has 41 heavy (non-hydrogen) atoms. The fourth-order valence-corrected chi connectivity index (χ4v) is 4.81. The van der Waals surface area contributed by atoms with Crippen LogP contribution in [-0.4, -0.2) is 34.3 Å². The first-order valence-electron chi connectivity index (χ1n) is 12.7. The lowest BCUT2D eigenvalue weighted by Crippen LogP contribution is -2.48. The van der Waals surface area contributed by atoms with Gasteiger partial charge < -0.3 is 21.1 Å². The van der Waals surface area contributed by atoms with Crippen LogP contribution in [0.3, 0.4) is 0 Å². The Kier molecular flexibility index (Phi) is 13.3. The Morgan fingerprint density at radius 1 is 1.07 bits per heavy atom. The molecule has 10 nitrogen and oxygen atoms in total. The number of carbonyl (C=O) groups is 2. The Balaban J connectivity index is 0.00000294. The number of nitrogens with zero attached hydrogens (tertiary/aromatic N) is 2. The molecule has 0 aliphatic heterocycles. The number of halogens is 3. The van der Waals surface area contributed by atoms with Gasteiger partial charge in [0.05, 0.1) is 4.92 Å². The summed E-state index contributed by atoms with van der Waals surface area (Å²) in [4.78, 5) is 41.3. The van der Waals surface area contributed by atoms with Gasteiger partial charge in [-0.2, -0.15) is 0 Å². The summed E-state index contributed by atoms with van der Waals surface area (Å²) in [6.45, 7) is 0.613. The van der Waals surface area contributed by atoms with Gasteiger partial charge in [-0.1, -0.05) is 23.7 Å². The highest BCUT2D eigenvalue weighted by Crippen LogP contribution is 2.34. The maximum absolute atomic E-state index is 13.3. The highest BCUT2D eigenvalue weighted by atomic mass is 35.5. The van der Waals surface area contributed by atoms with Gasteiger partial charge in [0.1, 0.15) is 11.8 Å². The number of hydrogen-bond acceptors (Lipinski definition) is 7. The van der Waals surface area contributed by atoms with E-state index in [1.54, 1.807) is 48.8 Å². The molecular formula is C28H32Cl3N5O5. The number of carbonyl (C=O) groups excluding carboxylic acids is 2. The van der Waals surface area contributed by atoms with Crippen LogP contribution in [0.4, 0.5) is 11.4 Å². The molecule has 0 radical (unpaired) electrons. The van der Waals surface area contributed by atoms with Crippen LogP contribution >= 0.6 is 36.4 Å². The van der Waals surface area contributed by atoms with E-state index in [9.17, 15) is 19.7 Å². The summed E-state index contributed by atoms with van der Waals surface area (Å²) >= 11 is 6.02. The van der Waals surface area contributed by atoms with E-state index in [0.717, 1.165) is 25.7 Å². The van der Waals surface area contributed by atoms with Crippen molar-refractivity contribution >= 4 is 59.6 Å². The third-order valence-electron chi connectivity index (χ3n) is 6.82. The van der Waals surface area contributed by atoms with Crippen LogP contribution in [0.2, 0.25) is 5.02 Å². The molecule has 4 rings (SSSR count). The van der Waals surface area contributed by atoms with Gasteiger partial charge in [-0.15, -0.1) is 24.8 Å². The molecule has 13 heteroatoms. The topological polar surface area (TPSA) is 149 Å². The molecule has 220 valence electrons. The minimum absolute atomic E-state index is 0. The van der Waals surface area contributed by atoms with E-state index in [0.29, 0.717) is 34.5 Å². The van der Waals surface area contributed by atoms with Crippen LogP contribution in [0, 0.1) is 22.0 Å². The molecule has 2 aromatic carbocycles. The predicted octanol–water partition coefficient (Wildman–Crippen LogP) is 5.71. The molecule has 1 saturated carbocycles. The highest BCUT2D eigenvalue weighted by Gasteiger charge is 2.29. The second-order valence-electron chi connectivity index (χ2n) is 9.56. The smallest absolute Gasteiger partial charge is 0.311 e. The van der Waals surface area contributed by atoms with Crippen molar-refractivity contribution in [1.29, 1.82) is 0 Å². The van der Waals surface area contributed by atoms with Crippen LogP contribution in [0.25, 0.3) is 0 Å². The predicted molar refractivity (Wildman–Crippen MR) is 162 cm³/mol. The maximum Gasteiger partial charge on any atom is 0.311 e. The first-order valence-corrected chi connectivity index (χ1v) is 13.1. The van der Waals surface area contributed by atoms with Crippen molar-refractivity contribution in [3.63, 3.8) is 0 Å². The number of anilines is 1. The van der Waals surface area contributed by atoms with E-state index >= 15 is 0 Å². The number of amides is 2. The van der Waals surface area contributed by atoms with E-state index in [1.807, 2.05) is 0 Å². The first-order chi connectivity index (χ1) is 18.8. The van der Waals surface area contributed by atoms with Crippen molar-refractivity contribution in [3.05, 3.63) is 87.7 Å². The lowest BCUT2D eigenvalue weighted by Gasteiger charge is -2.28. The number of aromatic nitrogens is 1. The zero-order chi connectivity index (χ0) is 27.8. The number of hydrogen-bond donors (Lipinski definition) is 3. The summed E-state index contributed by atoms with van der Waals surface area (Å²) in [6.07, 6.45) is 6.54. The largest absolute Gasteiger partial charge is 0.450 e. The highest BCUT2D eigenvalue weighted by molar-refractivity contribution is 6.30. The molecule has 3 aromatic rings. The minimum atomic E-state index is -0.867. The lowest BCUT2D eigenvalue weighted by molar-refractivity contribution is -0.385. The molecule has 1 aliphatic rings. The Hall–Kier alpha value is -3.44. The van der Waals surface area contributed by atoms with Crippen LogP contribution in [0.5, 0.6) is 11.5 Å². The van der Waals surface area contributed by atoms with E-state index in [-0.39, 0.29) is 60.4 Å². The summed E-state index contributed by atoms with van der Waals surface area (Å²) in [6, 6.07) is 13.4. The van der Waals surface area contributed by atoms with Crippen LogP contribution in [0.15, 0.2) is 67.0 Å². The second kappa shape index (κ2) is 16.1. The van der Waals surface area contributed by atoms with Crippen LogP contribution in [0.1, 0.15) is 31.2 Å². The summed E-state index contributed by atoms with van der Waals surface area (Å²) in [5.74, 6) is 0.0416. The monoisotopic (exact) mass is 623 g/mol. The zero-order valence-corrected chi connectivity index (χ0v) is 24.4. The van der Waals surface area contributed by atoms with Crippen molar-refractivity contribution in [3.8, 4) is 11.5 Å². The second-order valence-corrected chi connectivity index (χ2v) is 10.00. The molecular weight excluding hydrogens is 593 g/mol. The van der Waals surface area contributed by atoms with Crippen molar-refractivity contribution in [2.45, 2.75) is 38.1 Å². The normalized spacial score (nSPS) is 16.7. The van der Waals surface area contributed by atoms with Gasteiger partial charge in [-0.05, 0) is 74.0 Å². The van der Waals surface area contributed by atoms with E-state index in [2.05, 4.69) is 15.6 Å². The Morgan fingerprint density at radius 3 is 2.44 bits per heavy atom. The van der Waals surface area contributed by atoms with Crippen LogP contribution < -0.4 is 21.1 Å². The molecule has 1 heterocycles. The van der Waals surface area contributed by atoms with Crippen molar-refractivity contribution in [2.75, 3.05) is 11.9 Å². The average molecular weight is 625 g/mol. The number of ether oxygens (including phenoxy) is 1. The number of nitrogens with two attached hydrogens (primary N) is 1. The molecule has 4 N–H and O–H groups in total. The Morgan fingerprint density at radius 2 is 1.78 bits per heavy atom. The molecule has 2 amide bonds. The van der Waals surface area contributed by atoms with Gasteiger partial charge in [0.2, 0.25) is 17.6 Å². The summed E-state index contributed by atoms with van der Waals surface area (Å²) < 4.78 is 5.80. The quantitative estimate of drug-likeness (QED) is 0.193. The number of pyridine rings is 1. The summed E-state index contributed by atoms with van der Waals surface area (Å²) in [7, 11) is 0. The molecule has 1 atom stereocenters. The maximum atomic E-state index is 13.3. The van der Waals surface area contributed by atoms with Crippen molar-refractivity contribution < 1.29 is 19.2 Å². The van der Waals surface area contributed by atoms with Crippen molar-refractivity contribution in [1.82, 2.24) is 10.3 Å². The summed E-state index contributed by atoms with van der Waals surface area (Å²) in [5.41, 5.74) is 6.81. The number of nitrogens with one attached hydrogen (secondary N) is 2. The molecule has 0 spiro atoms. The first kappa shape index (κ1) is 33.8. The lowest BCUT2D eigenvalue weighted by atomic mass is 9.81.